The van der Waals surface area contributed by atoms with Crippen molar-refractivity contribution in [3.63, 3.8) is 0 Å². The number of nitrogens with one attached hydrogen (secondary N) is 2. The van der Waals surface area contributed by atoms with E-state index in [0.717, 1.165) is 21.6 Å². The maximum atomic E-state index is 11.4. The minimum atomic E-state index is -3.13. The maximum Gasteiger partial charge on any atom is 0.211 e. The second-order valence-electron chi connectivity index (χ2n) is 5.19. The molecule has 0 fully saturated rings. The van der Waals surface area contributed by atoms with Gasteiger partial charge in [0.05, 0.1) is 5.75 Å². The minimum absolute atomic E-state index is 0.128. The van der Waals surface area contributed by atoms with Crippen molar-refractivity contribution in [3.8, 4) is 0 Å². The Morgan fingerprint density at radius 2 is 2.08 bits per heavy atom. The van der Waals surface area contributed by atoms with Crippen molar-refractivity contribution in [2.24, 2.45) is 0 Å². The molecule has 0 atom stereocenters. The van der Waals surface area contributed by atoms with Crippen LogP contribution in [0.15, 0.2) is 22.5 Å². The normalized spacial score (nSPS) is 11.6. The highest BCUT2D eigenvalue weighted by Gasteiger charge is 2.10. The number of aromatic nitrogens is 2. The largest absolute Gasteiger partial charge is 0.330 e. The van der Waals surface area contributed by atoms with Crippen LogP contribution in [-0.2, 0) is 16.4 Å². The average molecular weight is 387 g/mol. The predicted molar refractivity (Wildman–Crippen MR) is 102 cm³/mol. The molecule has 0 saturated carbocycles. The van der Waals surface area contributed by atoms with Crippen LogP contribution < -0.4 is 10.0 Å². The molecule has 0 radical (unpaired) electrons. The molecule has 132 valence electrons. The summed E-state index contributed by atoms with van der Waals surface area (Å²) < 4.78 is 25.9. The number of anilines is 2. The Morgan fingerprint density at radius 1 is 1.29 bits per heavy atom. The van der Waals surface area contributed by atoms with E-state index in [0.29, 0.717) is 12.2 Å². The van der Waals surface area contributed by atoms with Gasteiger partial charge in [-0.1, -0.05) is 48.2 Å². The lowest BCUT2D eigenvalue weighted by molar-refractivity contribution is 0.587. The molecule has 0 aliphatic heterocycles. The molecule has 1 aromatic heterocycles. The zero-order valence-electron chi connectivity index (χ0n) is 14.0. The molecule has 0 amide bonds. The van der Waals surface area contributed by atoms with Crippen molar-refractivity contribution >= 4 is 43.9 Å². The van der Waals surface area contributed by atoms with Crippen LogP contribution in [0.4, 0.5) is 10.8 Å². The number of hydrogen-bond donors (Lipinski definition) is 2. The van der Waals surface area contributed by atoms with E-state index in [1.54, 1.807) is 0 Å². The molecule has 1 aromatic carbocycles. The standard InChI is InChI=1S/C15H22N4O2S3/c1-4-12-8-5-7-11(2)13(12)17-14-18-19-15(23-14)22-9-6-10-24(20,21)16-3/h5,7-8,16H,4,6,9-10H2,1-3H3,(H,17,18). The Hall–Kier alpha value is -1.16. The van der Waals surface area contributed by atoms with Gasteiger partial charge in [-0.3, -0.25) is 0 Å². The van der Waals surface area contributed by atoms with E-state index < -0.39 is 10.0 Å². The highest BCUT2D eigenvalue weighted by Crippen LogP contribution is 2.30. The first-order chi connectivity index (χ1) is 11.4. The summed E-state index contributed by atoms with van der Waals surface area (Å²) in [5.74, 6) is 0.823. The third-order valence-corrected chi connectivity index (χ3v) is 6.98. The van der Waals surface area contributed by atoms with E-state index in [1.807, 2.05) is 0 Å². The summed E-state index contributed by atoms with van der Waals surface area (Å²) in [6.07, 6.45) is 1.53. The summed E-state index contributed by atoms with van der Waals surface area (Å²) in [6, 6.07) is 6.23. The van der Waals surface area contributed by atoms with Crippen molar-refractivity contribution in [1.29, 1.82) is 0 Å². The number of para-hydroxylation sites is 1. The Labute approximate surface area is 151 Å². The van der Waals surface area contributed by atoms with Crippen LogP contribution in [0.1, 0.15) is 24.5 Å². The molecule has 9 heteroatoms. The third kappa shape index (κ3) is 5.44. The van der Waals surface area contributed by atoms with E-state index in [-0.39, 0.29) is 5.75 Å². The van der Waals surface area contributed by atoms with Crippen LogP contribution in [0.3, 0.4) is 0 Å². The first-order valence-corrected chi connectivity index (χ1v) is 11.1. The van der Waals surface area contributed by atoms with E-state index >= 15 is 0 Å². The van der Waals surface area contributed by atoms with Crippen LogP contribution in [0, 0.1) is 6.92 Å². The van der Waals surface area contributed by atoms with Gasteiger partial charge in [0.25, 0.3) is 0 Å². The number of benzene rings is 1. The Bertz CT molecular complexity index is 775. The number of aryl methyl sites for hydroxylation is 2. The summed E-state index contributed by atoms with van der Waals surface area (Å²) in [6.45, 7) is 4.20. The summed E-state index contributed by atoms with van der Waals surface area (Å²) in [5, 5.41) is 12.4. The van der Waals surface area contributed by atoms with Crippen LogP contribution in [0.25, 0.3) is 0 Å². The second kappa shape index (κ2) is 8.80. The predicted octanol–water partition coefficient (Wildman–Crippen LogP) is 3.18. The molecule has 6 nitrogen and oxygen atoms in total. The number of thioether (sulfide) groups is 1. The molecule has 0 saturated heterocycles. The van der Waals surface area contributed by atoms with E-state index in [4.69, 9.17) is 0 Å². The van der Waals surface area contributed by atoms with Crippen LogP contribution in [-0.4, -0.2) is 37.2 Å². The van der Waals surface area contributed by atoms with Gasteiger partial charge < -0.3 is 5.32 Å². The van der Waals surface area contributed by atoms with Crippen molar-refractivity contribution in [3.05, 3.63) is 29.3 Å². The average Bonchev–Trinajstić information content (AvgIpc) is 3.01. The Morgan fingerprint density at radius 3 is 2.79 bits per heavy atom. The van der Waals surface area contributed by atoms with Crippen LogP contribution >= 0.6 is 23.1 Å². The maximum absolute atomic E-state index is 11.4. The number of sulfonamides is 1. The van der Waals surface area contributed by atoms with Crippen molar-refractivity contribution in [1.82, 2.24) is 14.9 Å². The van der Waals surface area contributed by atoms with Crippen molar-refractivity contribution in [2.45, 2.75) is 31.0 Å². The lowest BCUT2D eigenvalue weighted by atomic mass is 10.1. The van der Waals surface area contributed by atoms with Crippen molar-refractivity contribution < 1.29 is 8.42 Å². The molecule has 0 aliphatic rings. The summed E-state index contributed by atoms with van der Waals surface area (Å²) in [7, 11) is -1.70. The molecule has 1 heterocycles. The summed E-state index contributed by atoms with van der Waals surface area (Å²) in [4.78, 5) is 0. The topological polar surface area (TPSA) is 84.0 Å². The van der Waals surface area contributed by atoms with Gasteiger partial charge in [0.1, 0.15) is 0 Å². The zero-order valence-corrected chi connectivity index (χ0v) is 16.4. The second-order valence-corrected chi connectivity index (χ2v) is 9.55. The molecule has 0 unspecified atom stereocenters. The third-order valence-electron chi connectivity index (χ3n) is 3.47. The molecular formula is C15H22N4O2S3. The number of hydrogen-bond acceptors (Lipinski definition) is 7. The SMILES string of the molecule is CCc1cccc(C)c1Nc1nnc(SCCCS(=O)(=O)NC)s1. The van der Waals surface area contributed by atoms with Crippen LogP contribution in [0.5, 0.6) is 0 Å². The summed E-state index contributed by atoms with van der Waals surface area (Å²) >= 11 is 3.01. The number of rotatable bonds is 9. The van der Waals surface area contributed by atoms with Gasteiger partial charge in [-0.25, -0.2) is 13.1 Å². The quantitative estimate of drug-likeness (QED) is 0.509. The Balaban J connectivity index is 1.92. The van der Waals surface area contributed by atoms with E-state index in [9.17, 15) is 8.42 Å². The fourth-order valence-electron chi connectivity index (χ4n) is 2.14. The molecule has 2 aromatic rings. The smallest absolute Gasteiger partial charge is 0.211 e. The minimum Gasteiger partial charge on any atom is -0.330 e. The number of nitrogens with zero attached hydrogens (tertiary/aromatic N) is 2. The highest BCUT2D eigenvalue weighted by molar-refractivity contribution is 8.01. The van der Waals surface area contributed by atoms with Gasteiger partial charge in [0.15, 0.2) is 4.34 Å². The van der Waals surface area contributed by atoms with Gasteiger partial charge in [0.2, 0.25) is 15.2 Å². The van der Waals surface area contributed by atoms with E-state index in [1.165, 1.54) is 41.3 Å². The molecule has 0 aliphatic carbocycles. The molecule has 2 N–H and O–H groups in total. The fourth-order valence-corrected chi connectivity index (χ4v) is 4.82. The molecule has 0 bridgehead atoms. The molecule has 0 spiro atoms. The van der Waals surface area contributed by atoms with Gasteiger partial charge in [-0.05, 0) is 37.9 Å². The van der Waals surface area contributed by atoms with E-state index in [2.05, 4.69) is 52.3 Å². The first-order valence-electron chi connectivity index (χ1n) is 7.68. The van der Waals surface area contributed by atoms with Gasteiger partial charge in [-0.2, -0.15) is 0 Å². The molecule has 24 heavy (non-hydrogen) atoms. The van der Waals surface area contributed by atoms with Gasteiger partial charge >= 0.3 is 0 Å². The van der Waals surface area contributed by atoms with Gasteiger partial charge in [-0.15, -0.1) is 10.2 Å². The van der Waals surface area contributed by atoms with Crippen LogP contribution in [0.2, 0.25) is 0 Å². The Kier molecular flexibility index (Phi) is 7.02. The van der Waals surface area contributed by atoms with Crippen molar-refractivity contribution in [2.75, 3.05) is 23.9 Å². The zero-order chi connectivity index (χ0) is 17.6. The lowest BCUT2D eigenvalue weighted by Crippen LogP contribution is -2.22. The highest BCUT2D eigenvalue weighted by atomic mass is 32.2. The molecular weight excluding hydrogens is 364 g/mol. The summed E-state index contributed by atoms with van der Waals surface area (Å²) in [5.41, 5.74) is 3.51. The monoisotopic (exact) mass is 386 g/mol. The fraction of sp³-hybridized carbons (Fsp3) is 0.467. The molecule has 2 rings (SSSR count). The first kappa shape index (κ1) is 19.2. The lowest BCUT2D eigenvalue weighted by Gasteiger charge is -2.11. The van der Waals surface area contributed by atoms with Gasteiger partial charge in [0, 0.05) is 11.4 Å².